The molecular weight excluding hydrogens is 416 g/mol. The third kappa shape index (κ3) is 6.14. The van der Waals surface area contributed by atoms with Crippen LogP contribution in [-0.2, 0) is 23.7 Å². The molecule has 9 nitrogen and oxygen atoms in total. The molecule has 2 rings (SSSR count). The van der Waals surface area contributed by atoms with Crippen molar-refractivity contribution in [1.82, 2.24) is 9.80 Å². The summed E-state index contributed by atoms with van der Waals surface area (Å²) in [5.74, 6) is 4.92. The number of carbonyl (C=O) groups excluding carboxylic acids is 3. The van der Waals surface area contributed by atoms with Crippen molar-refractivity contribution in [3.63, 3.8) is 0 Å². The van der Waals surface area contributed by atoms with Crippen molar-refractivity contribution >= 4 is 18.0 Å². The number of carbonyl (C=O) groups is 3. The molecule has 0 saturated carbocycles. The van der Waals surface area contributed by atoms with Crippen molar-refractivity contribution in [3.05, 3.63) is 0 Å². The molecular formula is C23H36N2O7. The van der Waals surface area contributed by atoms with Gasteiger partial charge in [-0.2, -0.15) is 0 Å². The van der Waals surface area contributed by atoms with Gasteiger partial charge in [-0.15, -0.1) is 0 Å². The number of nitrogens with zero attached hydrogens (tertiary/aromatic N) is 2. The molecule has 0 N–H and O–H groups in total. The Morgan fingerprint density at radius 1 is 0.812 bits per heavy atom. The van der Waals surface area contributed by atoms with Gasteiger partial charge in [-0.05, 0) is 75.2 Å². The average Bonchev–Trinajstić information content (AvgIpc) is 3.04. The van der Waals surface area contributed by atoms with Gasteiger partial charge in [0.1, 0.15) is 34.7 Å². The van der Waals surface area contributed by atoms with Gasteiger partial charge < -0.3 is 18.9 Å². The van der Waals surface area contributed by atoms with E-state index in [4.69, 9.17) is 18.9 Å². The fourth-order valence-corrected chi connectivity index (χ4v) is 3.46. The molecule has 180 valence electrons. The third-order valence-electron chi connectivity index (χ3n) is 4.82. The number of rotatable bonds is 1. The van der Waals surface area contributed by atoms with E-state index in [1.807, 2.05) is 0 Å². The van der Waals surface area contributed by atoms with Crippen molar-refractivity contribution in [2.24, 2.45) is 0 Å². The summed E-state index contributed by atoms with van der Waals surface area (Å²) < 4.78 is 22.3. The van der Waals surface area contributed by atoms with Crippen LogP contribution in [0.25, 0.3) is 0 Å². The van der Waals surface area contributed by atoms with Gasteiger partial charge in [-0.3, -0.25) is 14.6 Å². The highest BCUT2D eigenvalue weighted by atomic mass is 16.6. The van der Waals surface area contributed by atoms with E-state index < -0.39 is 52.7 Å². The SMILES string of the molecule is CC(C)(C)OC(=O)N1[C@@H](C#CC(=O)[C@@H]2COC(C)(C)N2C(=O)OC(C)(C)C)COC1(C)C. The van der Waals surface area contributed by atoms with Crippen LogP contribution in [-0.4, -0.2) is 75.7 Å². The Hall–Kier alpha value is -2.31. The summed E-state index contributed by atoms with van der Waals surface area (Å²) in [7, 11) is 0. The molecule has 2 aliphatic rings. The van der Waals surface area contributed by atoms with Crippen molar-refractivity contribution < 1.29 is 33.3 Å². The Morgan fingerprint density at radius 2 is 1.25 bits per heavy atom. The van der Waals surface area contributed by atoms with E-state index in [0.29, 0.717) is 0 Å². The highest BCUT2D eigenvalue weighted by molar-refractivity contribution is 6.01. The topological polar surface area (TPSA) is 94.6 Å². The van der Waals surface area contributed by atoms with E-state index in [9.17, 15) is 14.4 Å². The quantitative estimate of drug-likeness (QED) is 0.445. The van der Waals surface area contributed by atoms with Crippen LogP contribution < -0.4 is 0 Å². The lowest BCUT2D eigenvalue weighted by Gasteiger charge is -2.34. The molecule has 0 bridgehead atoms. The molecule has 0 aromatic rings. The minimum Gasteiger partial charge on any atom is -0.444 e. The Labute approximate surface area is 190 Å². The summed E-state index contributed by atoms with van der Waals surface area (Å²) in [6.45, 7) is 17.5. The van der Waals surface area contributed by atoms with Crippen LogP contribution in [0.3, 0.4) is 0 Å². The second-order valence-electron chi connectivity index (χ2n) is 10.9. The van der Waals surface area contributed by atoms with E-state index in [0.717, 1.165) is 0 Å². The third-order valence-corrected chi connectivity index (χ3v) is 4.82. The summed E-state index contributed by atoms with van der Waals surface area (Å²) in [5.41, 5.74) is -3.38. The van der Waals surface area contributed by atoms with Gasteiger partial charge in [0, 0.05) is 0 Å². The van der Waals surface area contributed by atoms with Crippen LogP contribution in [0.1, 0.15) is 69.2 Å². The smallest absolute Gasteiger partial charge is 0.413 e. The van der Waals surface area contributed by atoms with Crippen molar-refractivity contribution in [2.75, 3.05) is 13.2 Å². The zero-order valence-corrected chi connectivity index (χ0v) is 20.8. The molecule has 2 heterocycles. The normalized spacial score (nSPS) is 24.6. The zero-order valence-electron chi connectivity index (χ0n) is 20.8. The molecule has 0 aromatic heterocycles. The first-order valence-electron chi connectivity index (χ1n) is 10.7. The number of hydrogen-bond donors (Lipinski definition) is 0. The predicted molar refractivity (Wildman–Crippen MR) is 117 cm³/mol. The monoisotopic (exact) mass is 452 g/mol. The van der Waals surface area contributed by atoms with Crippen LogP contribution in [0.2, 0.25) is 0 Å². The van der Waals surface area contributed by atoms with Gasteiger partial charge in [-0.1, -0.05) is 5.92 Å². The van der Waals surface area contributed by atoms with Gasteiger partial charge in [0.05, 0.1) is 13.2 Å². The number of Topliss-reactive ketones (excluding diaryl/α,β-unsaturated/α-hetero) is 1. The average molecular weight is 453 g/mol. The molecule has 0 unspecified atom stereocenters. The second kappa shape index (κ2) is 8.56. The van der Waals surface area contributed by atoms with Crippen molar-refractivity contribution in [2.45, 2.75) is 104 Å². The van der Waals surface area contributed by atoms with E-state index in [-0.39, 0.29) is 13.2 Å². The summed E-state index contributed by atoms with van der Waals surface area (Å²) in [6.07, 6.45) is -1.23. The number of amides is 2. The van der Waals surface area contributed by atoms with Gasteiger partial charge in [-0.25, -0.2) is 9.59 Å². The molecule has 2 atom stereocenters. The van der Waals surface area contributed by atoms with E-state index >= 15 is 0 Å². The van der Waals surface area contributed by atoms with Crippen LogP contribution in [0.15, 0.2) is 0 Å². The summed E-state index contributed by atoms with van der Waals surface area (Å²) >= 11 is 0. The molecule has 2 saturated heterocycles. The molecule has 0 radical (unpaired) electrons. The van der Waals surface area contributed by atoms with Gasteiger partial charge in [0.25, 0.3) is 0 Å². The minimum atomic E-state index is -1.02. The highest BCUT2D eigenvalue weighted by Gasteiger charge is 2.49. The van der Waals surface area contributed by atoms with Gasteiger partial charge >= 0.3 is 12.2 Å². The van der Waals surface area contributed by atoms with Gasteiger partial charge in [0.2, 0.25) is 5.78 Å². The van der Waals surface area contributed by atoms with Crippen LogP contribution in [0.5, 0.6) is 0 Å². The van der Waals surface area contributed by atoms with E-state index in [1.165, 1.54) is 9.80 Å². The molecule has 0 aliphatic carbocycles. The Kier molecular flexibility index (Phi) is 6.94. The first kappa shape index (κ1) is 25.9. The molecule has 2 aliphatic heterocycles. The maximum atomic E-state index is 13.0. The maximum Gasteiger partial charge on any atom is 0.413 e. The maximum absolute atomic E-state index is 13.0. The van der Waals surface area contributed by atoms with Crippen molar-refractivity contribution in [3.8, 4) is 11.8 Å². The first-order chi connectivity index (χ1) is 14.3. The molecule has 2 amide bonds. The molecule has 0 aromatic carbocycles. The first-order valence-corrected chi connectivity index (χ1v) is 10.7. The molecule has 9 heteroatoms. The largest absolute Gasteiger partial charge is 0.444 e. The highest BCUT2D eigenvalue weighted by Crippen LogP contribution is 2.31. The second-order valence-corrected chi connectivity index (χ2v) is 10.9. The summed E-state index contributed by atoms with van der Waals surface area (Å²) in [6, 6.07) is -1.59. The molecule has 0 spiro atoms. The van der Waals surface area contributed by atoms with Crippen LogP contribution in [0, 0.1) is 11.8 Å². The molecule has 2 fully saturated rings. The Bertz CT molecular complexity index is 824. The lowest BCUT2D eigenvalue weighted by atomic mass is 10.1. The lowest BCUT2D eigenvalue weighted by molar-refractivity contribution is -0.119. The fourth-order valence-electron chi connectivity index (χ4n) is 3.46. The number of ketones is 1. The van der Waals surface area contributed by atoms with Crippen LogP contribution in [0.4, 0.5) is 9.59 Å². The zero-order chi connectivity index (χ0) is 24.7. The lowest BCUT2D eigenvalue weighted by Crippen LogP contribution is -2.52. The Balaban J connectivity index is 2.23. The standard InChI is InChI=1S/C23H36N2O7/c1-20(2,3)31-18(27)24-15(13-29-22(24,7)8)11-12-17(26)16-14-30-23(9,10)25(16)19(28)32-21(4,5)6/h15-16H,13-14H2,1-10H3/t15-,16-/m0/s1. The fraction of sp³-hybridized carbons (Fsp3) is 0.783. The van der Waals surface area contributed by atoms with E-state index in [2.05, 4.69) is 11.8 Å². The number of ether oxygens (including phenoxy) is 4. The predicted octanol–water partition coefficient (Wildman–Crippen LogP) is 3.30. The van der Waals surface area contributed by atoms with Crippen LogP contribution >= 0.6 is 0 Å². The summed E-state index contributed by atoms with van der Waals surface area (Å²) in [4.78, 5) is 41.1. The summed E-state index contributed by atoms with van der Waals surface area (Å²) in [5, 5.41) is 0. The molecule has 32 heavy (non-hydrogen) atoms. The van der Waals surface area contributed by atoms with Gasteiger partial charge in [0.15, 0.2) is 0 Å². The number of hydrogen-bond acceptors (Lipinski definition) is 7. The Morgan fingerprint density at radius 3 is 1.75 bits per heavy atom. The minimum absolute atomic E-state index is 0.00218. The van der Waals surface area contributed by atoms with E-state index in [1.54, 1.807) is 69.2 Å². The van der Waals surface area contributed by atoms with Crippen molar-refractivity contribution in [1.29, 1.82) is 0 Å².